The Morgan fingerprint density at radius 1 is 1.18 bits per heavy atom. The first kappa shape index (κ1) is 16.0. The zero-order chi connectivity index (χ0) is 15.7. The third-order valence-electron chi connectivity index (χ3n) is 4.67. The van der Waals surface area contributed by atoms with Crippen molar-refractivity contribution in [3.05, 3.63) is 12.2 Å². The molecular weight excluding hydrogens is 306 g/mol. The van der Waals surface area contributed by atoms with Crippen LogP contribution in [-0.4, -0.2) is 63.8 Å². The minimum Gasteiger partial charge on any atom is -0.348 e. The van der Waals surface area contributed by atoms with Gasteiger partial charge in [0.1, 0.15) is 5.75 Å². The van der Waals surface area contributed by atoms with Gasteiger partial charge in [-0.2, -0.15) is 0 Å². The number of sulfone groups is 1. The summed E-state index contributed by atoms with van der Waals surface area (Å²) in [4.78, 5) is 14.0. The Kier molecular flexibility index (Phi) is 4.56. The molecule has 2 bridgehead atoms. The van der Waals surface area contributed by atoms with E-state index in [2.05, 4.69) is 12.2 Å². The molecule has 3 aliphatic rings. The van der Waals surface area contributed by atoms with Crippen molar-refractivity contribution in [1.29, 1.82) is 0 Å². The second kappa shape index (κ2) is 6.29. The monoisotopic (exact) mass is 329 g/mol. The van der Waals surface area contributed by atoms with Crippen molar-refractivity contribution >= 4 is 15.7 Å². The first-order valence-corrected chi connectivity index (χ1v) is 9.84. The molecule has 3 atom stereocenters. The van der Waals surface area contributed by atoms with Crippen LogP contribution in [-0.2, 0) is 24.1 Å². The molecule has 2 fully saturated rings. The van der Waals surface area contributed by atoms with E-state index in [1.807, 2.05) is 0 Å². The summed E-state index contributed by atoms with van der Waals surface area (Å²) in [5, 5.41) is 0. The molecular formula is C15H23NO5S. The van der Waals surface area contributed by atoms with Gasteiger partial charge in [0.25, 0.3) is 0 Å². The van der Waals surface area contributed by atoms with Gasteiger partial charge in [0.2, 0.25) is 5.91 Å². The summed E-state index contributed by atoms with van der Waals surface area (Å²) in [7, 11) is -3.33. The van der Waals surface area contributed by atoms with Crippen molar-refractivity contribution < 1.29 is 22.7 Å². The van der Waals surface area contributed by atoms with Crippen molar-refractivity contribution in [2.24, 2.45) is 17.8 Å². The Morgan fingerprint density at radius 2 is 1.91 bits per heavy atom. The molecule has 0 aromatic carbocycles. The molecule has 2 aliphatic carbocycles. The number of allylic oxidation sites excluding steroid dienone is 2. The Bertz CT molecular complexity index is 552. The Hall–Kier alpha value is -0.920. The van der Waals surface area contributed by atoms with E-state index in [0.717, 1.165) is 19.1 Å². The van der Waals surface area contributed by atoms with E-state index < -0.39 is 21.9 Å². The summed E-state index contributed by atoms with van der Waals surface area (Å²) >= 11 is 0. The SMILES string of the molecule is CS(=O)(=O)CC(=O)N(CC1OCCO1)C[C@H]1C[C@@H]2C=C[C@H]1C2. The molecule has 0 radical (unpaired) electrons. The van der Waals surface area contributed by atoms with Crippen LogP contribution in [0.3, 0.4) is 0 Å². The topological polar surface area (TPSA) is 72.9 Å². The molecule has 1 heterocycles. The molecule has 7 heteroatoms. The predicted octanol–water partition coefficient (Wildman–Crippen LogP) is 0.445. The Morgan fingerprint density at radius 3 is 2.45 bits per heavy atom. The Balaban J connectivity index is 1.65. The van der Waals surface area contributed by atoms with Gasteiger partial charge in [0.15, 0.2) is 16.1 Å². The molecule has 22 heavy (non-hydrogen) atoms. The molecule has 1 saturated carbocycles. The summed E-state index contributed by atoms with van der Waals surface area (Å²) in [5.74, 6) is 0.758. The minimum atomic E-state index is -3.33. The Labute approximate surface area is 131 Å². The maximum absolute atomic E-state index is 12.4. The zero-order valence-corrected chi connectivity index (χ0v) is 13.6. The second-order valence-electron chi connectivity index (χ2n) is 6.58. The molecule has 1 amide bonds. The summed E-state index contributed by atoms with van der Waals surface area (Å²) in [5.41, 5.74) is 0. The number of carbonyl (C=O) groups is 1. The summed E-state index contributed by atoms with van der Waals surface area (Å²) in [6.45, 7) is 1.94. The van der Waals surface area contributed by atoms with Crippen molar-refractivity contribution in [3.63, 3.8) is 0 Å². The van der Waals surface area contributed by atoms with E-state index in [1.165, 1.54) is 0 Å². The maximum Gasteiger partial charge on any atom is 0.237 e. The molecule has 3 rings (SSSR count). The molecule has 0 N–H and O–H groups in total. The lowest BCUT2D eigenvalue weighted by molar-refractivity contribution is -0.135. The summed E-state index contributed by atoms with van der Waals surface area (Å²) < 4.78 is 33.7. The van der Waals surface area contributed by atoms with E-state index in [0.29, 0.717) is 44.1 Å². The molecule has 0 unspecified atom stereocenters. The van der Waals surface area contributed by atoms with Crippen LogP contribution in [0.2, 0.25) is 0 Å². The summed E-state index contributed by atoms with van der Waals surface area (Å²) in [6.07, 6.45) is 7.39. The van der Waals surface area contributed by atoms with Crippen LogP contribution < -0.4 is 0 Å². The number of ether oxygens (including phenoxy) is 2. The molecule has 0 aromatic heterocycles. The highest BCUT2D eigenvalue weighted by Crippen LogP contribution is 2.43. The molecule has 1 aliphatic heterocycles. The molecule has 1 saturated heterocycles. The van der Waals surface area contributed by atoms with Crippen LogP contribution >= 0.6 is 0 Å². The van der Waals surface area contributed by atoms with Crippen LogP contribution in [0.25, 0.3) is 0 Å². The van der Waals surface area contributed by atoms with Crippen LogP contribution in [0.15, 0.2) is 12.2 Å². The number of amides is 1. The van der Waals surface area contributed by atoms with Gasteiger partial charge in [-0.3, -0.25) is 4.79 Å². The maximum atomic E-state index is 12.4. The van der Waals surface area contributed by atoms with Crippen molar-refractivity contribution in [2.45, 2.75) is 19.1 Å². The van der Waals surface area contributed by atoms with Gasteiger partial charge in [-0.15, -0.1) is 0 Å². The fourth-order valence-electron chi connectivity index (χ4n) is 3.67. The first-order valence-electron chi connectivity index (χ1n) is 7.78. The lowest BCUT2D eigenvalue weighted by Gasteiger charge is -2.30. The van der Waals surface area contributed by atoms with E-state index in [1.54, 1.807) is 4.90 Å². The van der Waals surface area contributed by atoms with Gasteiger partial charge < -0.3 is 14.4 Å². The average molecular weight is 329 g/mol. The van der Waals surface area contributed by atoms with Gasteiger partial charge in [-0.05, 0) is 30.6 Å². The number of rotatable bonds is 6. The van der Waals surface area contributed by atoms with Gasteiger partial charge in [-0.1, -0.05) is 12.2 Å². The largest absolute Gasteiger partial charge is 0.348 e. The predicted molar refractivity (Wildman–Crippen MR) is 80.8 cm³/mol. The molecule has 0 spiro atoms. The lowest BCUT2D eigenvalue weighted by atomic mass is 9.93. The smallest absolute Gasteiger partial charge is 0.237 e. The number of hydrogen-bond donors (Lipinski definition) is 0. The van der Waals surface area contributed by atoms with Crippen LogP contribution in [0, 0.1) is 17.8 Å². The minimum absolute atomic E-state index is 0.311. The fraction of sp³-hybridized carbons (Fsp3) is 0.800. The highest BCUT2D eigenvalue weighted by Gasteiger charge is 2.38. The van der Waals surface area contributed by atoms with Crippen LogP contribution in [0.5, 0.6) is 0 Å². The van der Waals surface area contributed by atoms with Gasteiger partial charge >= 0.3 is 0 Å². The van der Waals surface area contributed by atoms with E-state index in [-0.39, 0.29) is 5.91 Å². The highest BCUT2D eigenvalue weighted by atomic mass is 32.2. The summed E-state index contributed by atoms with van der Waals surface area (Å²) in [6, 6.07) is 0. The third kappa shape index (κ3) is 3.88. The molecule has 6 nitrogen and oxygen atoms in total. The van der Waals surface area contributed by atoms with E-state index in [9.17, 15) is 13.2 Å². The number of carbonyl (C=O) groups excluding carboxylic acids is 1. The second-order valence-corrected chi connectivity index (χ2v) is 8.72. The first-order chi connectivity index (χ1) is 10.4. The van der Waals surface area contributed by atoms with Crippen LogP contribution in [0.4, 0.5) is 0 Å². The standard InChI is InChI=1S/C15H23NO5S/c1-22(18,19)10-14(17)16(9-15-20-4-5-21-15)8-13-7-11-2-3-12(13)6-11/h2-3,11-13,15H,4-10H2,1H3/t11-,12+,13-/m1/s1. The van der Waals surface area contributed by atoms with Gasteiger partial charge in [0, 0.05) is 12.8 Å². The molecule has 0 aromatic rings. The van der Waals surface area contributed by atoms with E-state index in [4.69, 9.17) is 9.47 Å². The van der Waals surface area contributed by atoms with E-state index >= 15 is 0 Å². The highest BCUT2D eigenvalue weighted by molar-refractivity contribution is 7.91. The zero-order valence-electron chi connectivity index (χ0n) is 12.8. The van der Waals surface area contributed by atoms with Crippen molar-refractivity contribution in [3.8, 4) is 0 Å². The molecule has 124 valence electrons. The number of fused-ring (bicyclic) bond motifs is 2. The average Bonchev–Trinajstić information content (AvgIpc) is 3.12. The normalized spacial score (nSPS) is 31.0. The van der Waals surface area contributed by atoms with Crippen LogP contribution in [0.1, 0.15) is 12.8 Å². The third-order valence-corrected chi connectivity index (χ3v) is 5.44. The van der Waals surface area contributed by atoms with Gasteiger partial charge in [0.05, 0.1) is 19.8 Å². The number of nitrogens with zero attached hydrogens (tertiary/aromatic N) is 1. The van der Waals surface area contributed by atoms with Crippen molar-refractivity contribution in [1.82, 2.24) is 4.90 Å². The van der Waals surface area contributed by atoms with Crippen molar-refractivity contribution in [2.75, 3.05) is 38.3 Å². The number of hydrogen-bond acceptors (Lipinski definition) is 5. The van der Waals surface area contributed by atoms with Gasteiger partial charge in [-0.25, -0.2) is 8.42 Å². The fourth-order valence-corrected chi connectivity index (χ4v) is 4.31. The quantitative estimate of drug-likeness (QED) is 0.661. The lowest BCUT2D eigenvalue weighted by Crippen LogP contribution is -2.44.